The third kappa shape index (κ3) is 8.21. The average Bonchev–Trinajstić information content (AvgIpc) is 2.73. The lowest BCUT2D eigenvalue weighted by atomic mass is 10.1. The fraction of sp³-hybridized carbons (Fsp3) is 1.00. The molecule has 0 bridgehead atoms. The van der Waals surface area contributed by atoms with Crippen molar-refractivity contribution >= 4 is 0 Å². The molecular formula is C14H8F22O5. The third-order valence-corrected chi connectivity index (χ3v) is 3.86. The highest BCUT2D eigenvalue weighted by atomic mass is 19.4. The van der Waals surface area contributed by atoms with Gasteiger partial charge in [-0.25, -0.2) is 8.78 Å². The van der Waals surface area contributed by atoms with Crippen LogP contribution in [0.25, 0.3) is 0 Å². The number of halogens is 22. The summed E-state index contributed by atoms with van der Waals surface area (Å²) in [5, 5.41) is 8.64. The van der Waals surface area contributed by atoms with Gasteiger partial charge < -0.3 is 14.6 Å². The minimum atomic E-state index is -7.82. The van der Waals surface area contributed by atoms with E-state index in [1.54, 1.807) is 0 Å². The predicted octanol–water partition coefficient (Wildman–Crippen LogP) is 6.41. The Labute approximate surface area is 208 Å². The summed E-state index contributed by atoms with van der Waals surface area (Å²) in [6, 6.07) is 0. The first-order valence-corrected chi connectivity index (χ1v) is 8.99. The van der Waals surface area contributed by atoms with Gasteiger partial charge >= 0.3 is 54.6 Å². The molecule has 0 aliphatic carbocycles. The Morgan fingerprint density at radius 1 is 0.463 bits per heavy atom. The van der Waals surface area contributed by atoms with Gasteiger partial charge in [0.25, 0.3) is 12.7 Å². The first-order chi connectivity index (χ1) is 17.6. The molecule has 3 atom stereocenters. The topological polar surface area (TPSA) is 57.2 Å². The normalized spacial score (nSPS) is 17.9. The van der Waals surface area contributed by atoms with Gasteiger partial charge in [0.05, 0.1) is 13.2 Å². The molecule has 1 N–H and O–H groups in total. The maximum atomic E-state index is 13.4. The molecule has 3 unspecified atom stereocenters. The van der Waals surface area contributed by atoms with Crippen LogP contribution >= 0.6 is 0 Å². The van der Waals surface area contributed by atoms with Crippen molar-refractivity contribution in [3.8, 4) is 0 Å². The molecule has 0 aliphatic rings. The lowest BCUT2D eigenvalue weighted by Crippen LogP contribution is -2.63. The fourth-order valence-electron chi connectivity index (χ4n) is 1.74. The standard InChI is InChI=1S/C14H8F22O5/c15-4(40-13(33,34)9(23,24)8(21,22)11(27,28)29)6(17,18)38-2-3(1-37)39-7(19,20)5(16)41-14(35,36)10(25,26)12(30,31)32/h3-5,37H,1-2H2. The van der Waals surface area contributed by atoms with E-state index in [0.29, 0.717) is 0 Å². The zero-order valence-corrected chi connectivity index (χ0v) is 18.0. The van der Waals surface area contributed by atoms with E-state index >= 15 is 0 Å². The van der Waals surface area contributed by atoms with Gasteiger partial charge in [-0.1, -0.05) is 0 Å². The lowest BCUT2D eigenvalue weighted by molar-refractivity contribution is -0.477. The molecule has 0 fully saturated rings. The van der Waals surface area contributed by atoms with Crippen molar-refractivity contribution in [2.75, 3.05) is 13.2 Å². The van der Waals surface area contributed by atoms with Crippen LogP contribution in [-0.4, -0.2) is 91.7 Å². The summed E-state index contributed by atoms with van der Waals surface area (Å²) >= 11 is 0. The number of aliphatic hydroxyl groups is 1. The van der Waals surface area contributed by atoms with Crippen molar-refractivity contribution in [1.29, 1.82) is 0 Å². The van der Waals surface area contributed by atoms with E-state index in [-0.39, 0.29) is 0 Å². The van der Waals surface area contributed by atoms with Gasteiger partial charge in [0.15, 0.2) is 0 Å². The van der Waals surface area contributed by atoms with Crippen molar-refractivity contribution in [1.82, 2.24) is 0 Å². The second-order valence-corrected chi connectivity index (χ2v) is 6.98. The summed E-state index contributed by atoms with van der Waals surface area (Å²) in [6.45, 7) is -4.91. The van der Waals surface area contributed by atoms with Crippen LogP contribution in [0.5, 0.6) is 0 Å². The summed E-state index contributed by atoms with van der Waals surface area (Å²) in [5.41, 5.74) is 0. The summed E-state index contributed by atoms with van der Waals surface area (Å²) in [4.78, 5) is 0. The Kier molecular flexibility index (Phi) is 11.2. The first kappa shape index (κ1) is 39.3. The van der Waals surface area contributed by atoms with Crippen molar-refractivity contribution in [3.63, 3.8) is 0 Å². The molecule has 0 aromatic heterocycles. The van der Waals surface area contributed by atoms with Crippen LogP contribution in [0.15, 0.2) is 0 Å². The van der Waals surface area contributed by atoms with Crippen molar-refractivity contribution in [3.05, 3.63) is 0 Å². The van der Waals surface area contributed by atoms with E-state index in [9.17, 15) is 96.6 Å². The molecule has 0 aliphatic heterocycles. The molecule has 0 aromatic carbocycles. The first-order valence-electron chi connectivity index (χ1n) is 8.99. The van der Waals surface area contributed by atoms with E-state index in [1.807, 2.05) is 9.47 Å². The van der Waals surface area contributed by atoms with Gasteiger partial charge in [0, 0.05) is 0 Å². The minimum absolute atomic E-state index is 1.89. The maximum absolute atomic E-state index is 13.4. The maximum Gasteiger partial charge on any atom is 0.462 e. The van der Waals surface area contributed by atoms with Crippen LogP contribution in [0.3, 0.4) is 0 Å². The molecule has 0 saturated heterocycles. The van der Waals surface area contributed by atoms with Gasteiger partial charge in [-0.3, -0.25) is 9.47 Å². The van der Waals surface area contributed by atoms with Gasteiger partial charge in [0.2, 0.25) is 0 Å². The second kappa shape index (κ2) is 11.7. The SMILES string of the molecule is OCC(COC(F)(F)C(F)OC(F)(F)C(F)(F)C(F)(F)C(F)(F)F)OC(F)(F)C(F)OC(F)(F)C(F)(F)C(F)(F)F. The lowest BCUT2D eigenvalue weighted by Gasteiger charge is -2.34. The molecule has 5 nitrogen and oxygen atoms in total. The van der Waals surface area contributed by atoms with E-state index < -0.39 is 86.6 Å². The largest absolute Gasteiger partial charge is 0.462 e. The number of hydrogen-bond donors (Lipinski definition) is 1. The van der Waals surface area contributed by atoms with E-state index in [4.69, 9.17) is 5.11 Å². The minimum Gasteiger partial charge on any atom is -0.394 e. The highest BCUT2D eigenvalue weighted by Gasteiger charge is 2.83. The number of alkyl halides is 22. The van der Waals surface area contributed by atoms with E-state index in [2.05, 4.69) is 9.47 Å². The van der Waals surface area contributed by atoms with Gasteiger partial charge in [0.1, 0.15) is 6.10 Å². The molecule has 0 saturated carbocycles. The van der Waals surface area contributed by atoms with Crippen LogP contribution in [0.4, 0.5) is 96.6 Å². The highest BCUT2D eigenvalue weighted by molar-refractivity contribution is 4.97. The van der Waals surface area contributed by atoms with Crippen molar-refractivity contribution in [2.45, 2.75) is 73.4 Å². The smallest absolute Gasteiger partial charge is 0.394 e. The highest BCUT2D eigenvalue weighted by Crippen LogP contribution is 2.54. The van der Waals surface area contributed by atoms with E-state index in [0.717, 1.165) is 0 Å². The summed E-state index contributed by atoms with van der Waals surface area (Å²) < 4.78 is 290. The zero-order chi connectivity index (χ0) is 33.5. The molecule has 0 amide bonds. The fourth-order valence-corrected chi connectivity index (χ4v) is 1.74. The number of ether oxygens (including phenoxy) is 4. The van der Waals surface area contributed by atoms with Gasteiger partial charge in [-0.05, 0) is 0 Å². The molecule has 0 spiro atoms. The molecular weight excluding hydrogens is 666 g/mol. The Morgan fingerprint density at radius 2 is 0.805 bits per heavy atom. The Hall–Kier alpha value is -1.74. The van der Waals surface area contributed by atoms with Crippen LogP contribution in [-0.2, 0) is 18.9 Å². The molecule has 0 rings (SSSR count). The predicted molar refractivity (Wildman–Crippen MR) is 76.6 cm³/mol. The molecule has 0 radical (unpaired) electrons. The van der Waals surface area contributed by atoms with Gasteiger partial charge in [-0.15, -0.1) is 0 Å². The molecule has 0 aromatic rings. The zero-order valence-electron chi connectivity index (χ0n) is 18.0. The molecule has 248 valence electrons. The number of rotatable bonds is 15. The number of hydrogen-bond acceptors (Lipinski definition) is 5. The van der Waals surface area contributed by atoms with Crippen molar-refractivity contribution in [2.24, 2.45) is 0 Å². The molecule has 27 heteroatoms. The summed E-state index contributed by atoms with van der Waals surface area (Å²) in [6.07, 6.45) is -56.2. The molecule has 41 heavy (non-hydrogen) atoms. The van der Waals surface area contributed by atoms with Crippen LogP contribution in [0, 0.1) is 0 Å². The monoisotopic (exact) mass is 674 g/mol. The second-order valence-electron chi connectivity index (χ2n) is 6.98. The summed E-state index contributed by atoms with van der Waals surface area (Å²) in [7, 11) is 0. The number of aliphatic hydroxyl groups excluding tert-OH is 1. The molecule has 0 heterocycles. The Bertz CT molecular complexity index is 853. The summed E-state index contributed by atoms with van der Waals surface area (Å²) in [5.74, 6) is -23.0. The Morgan fingerprint density at radius 3 is 1.15 bits per heavy atom. The third-order valence-electron chi connectivity index (χ3n) is 3.86. The van der Waals surface area contributed by atoms with Crippen LogP contribution in [0.2, 0.25) is 0 Å². The van der Waals surface area contributed by atoms with E-state index in [1.165, 1.54) is 0 Å². The van der Waals surface area contributed by atoms with Crippen LogP contribution in [0.1, 0.15) is 0 Å². The Balaban J connectivity index is 5.59. The van der Waals surface area contributed by atoms with Crippen molar-refractivity contribution < 1.29 is 121 Å². The average molecular weight is 674 g/mol. The van der Waals surface area contributed by atoms with Gasteiger partial charge in [-0.2, -0.15) is 87.8 Å². The van der Waals surface area contributed by atoms with Crippen LogP contribution < -0.4 is 0 Å². The quantitative estimate of drug-likeness (QED) is 0.204.